The summed E-state index contributed by atoms with van der Waals surface area (Å²) in [4.78, 5) is 7.23. The van der Waals surface area contributed by atoms with Crippen molar-refractivity contribution in [1.29, 1.82) is 0 Å². The number of likely N-dealkylation sites (tertiary alicyclic amines) is 1. The topological polar surface area (TPSA) is 16.1 Å². The van der Waals surface area contributed by atoms with Gasteiger partial charge in [0.25, 0.3) is 0 Å². The van der Waals surface area contributed by atoms with Crippen molar-refractivity contribution >= 4 is 0 Å². The van der Waals surface area contributed by atoms with E-state index in [-0.39, 0.29) is 0 Å². The molecule has 88 valence electrons. The third-order valence-electron chi connectivity index (χ3n) is 3.46. The molecular weight excluding hydrogens is 196 g/mol. The Hall–Kier alpha value is -0.890. The van der Waals surface area contributed by atoms with Gasteiger partial charge in [-0.25, -0.2) is 0 Å². The molecule has 1 aromatic rings. The molecule has 2 heteroatoms. The minimum Gasteiger partial charge on any atom is -0.303 e. The second kappa shape index (κ2) is 5.44. The first-order chi connectivity index (χ1) is 7.79. The normalized spacial score (nSPS) is 18.9. The third-order valence-corrected chi connectivity index (χ3v) is 3.46. The van der Waals surface area contributed by atoms with Gasteiger partial charge in [0.15, 0.2) is 0 Å². The van der Waals surface area contributed by atoms with Crippen molar-refractivity contribution in [2.45, 2.75) is 39.0 Å². The van der Waals surface area contributed by atoms with Gasteiger partial charge in [0.1, 0.15) is 0 Å². The molecule has 16 heavy (non-hydrogen) atoms. The first-order valence-electron chi connectivity index (χ1n) is 6.45. The molecule has 0 aromatic carbocycles. The Balaban J connectivity index is 1.94. The zero-order valence-corrected chi connectivity index (χ0v) is 10.4. The molecule has 1 aliphatic heterocycles. The molecule has 2 nitrogen and oxygen atoms in total. The average molecular weight is 218 g/mol. The van der Waals surface area contributed by atoms with Crippen molar-refractivity contribution in [1.82, 2.24) is 9.88 Å². The van der Waals surface area contributed by atoms with Crippen molar-refractivity contribution < 1.29 is 0 Å². The molecule has 0 saturated carbocycles. The lowest BCUT2D eigenvalue weighted by atomic mass is 9.93. The van der Waals surface area contributed by atoms with Crippen LogP contribution in [-0.2, 0) is 0 Å². The van der Waals surface area contributed by atoms with E-state index in [1.807, 2.05) is 0 Å². The molecule has 2 heterocycles. The van der Waals surface area contributed by atoms with Gasteiger partial charge in [-0.05, 0) is 58.0 Å². The molecule has 0 spiro atoms. The Morgan fingerprint density at radius 3 is 2.69 bits per heavy atom. The van der Waals surface area contributed by atoms with E-state index in [1.54, 1.807) is 0 Å². The maximum atomic E-state index is 4.65. The molecule has 0 unspecified atom stereocenters. The van der Waals surface area contributed by atoms with Crippen LogP contribution in [0.25, 0.3) is 0 Å². The van der Waals surface area contributed by atoms with E-state index < -0.39 is 0 Å². The Labute approximate surface area is 98.7 Å². The fourth-order valence-corrected chi connectivity index (χ4v) is 2.56. The summed E-state index contributed by atoms with van der Waals surface area (Å²) in [5.41, 5.74) is 2.45. The number of hydrogen-bond donors (Lipinski definition) is 0. The SMILES string of the molecule is CCCN1CCC(c2cccc(C)n2)CC1. The van der Waals surface area contributed by atoms with Gasteiger partial charge in [0.2, 0.25) is 0 Å². The number of aryl methyl sites for hydroxylation is 1. The van der Waals surface area contributed by atoms with Gasteiger partial charge >= 0.3 is 0 Å². The number of pyridine rings is 1. The Bertz CT molecular complexity index is 327. The van der Waals surface area contributed by atoms with Crippen molar-refractivity contribution in [2.24, 2.45) is 0 Å². The highest BCUT2D eigenvalue weighted by Crippen LogP contribution is 2.26. The van der Waals surface area contributed by atoms with Crippen LogP contribution in [0.4, 0.5) is 0 Å². The van der Waals surface area contributed by atoms with Crippen LogP contribution in [-0.4, -0.2) is 29.5 Å². The molecule has 0 amide bonds. The third kappa shape index (κ3) is 2.82. The van der Waals surface area contributed by atoms with Crippen molar-refractivity contribution in [3.05, 3.63) is 29.6 Å². The van der Waals surface area contributed by atoms with Gasteiger partial charge < -0.3 is 4.90 Å². The summed E-state index contributed by atoms with van der Waals surface area (Å²) in [6, 6.07) is 6.40. The Kier molecular flexibility index (Phi) is 3.94. The average Bonchev–Trinajstić information content (AvgIpc) is 2.30. The summed E-state index contributed by atoms with van der Waals surface area (Å²) in [7, 11) is 0. The molecule has 0 radical (unpaired) electrons. The molecule has 1 fully saturated rings. The maximum absolute atomic E-state index is 4.65. The first-order valence-corrected chi connectivity index (χ1v) is 6.45. The van der Waals surface area contributed by atoms with Crippen LogP contribution in [0, 0.1) is 6.92 Å². The Morgan fingerprint density at radius 2 is 2.06 bits per heavy atom. The van der Waals surface area contributed by atoms with E-state index in [0.717, 1.165) is 5.69 Å². The summed E-state index contributed by atoms with van der Waals surface area (Å²) in [6.07, 6.45) is 3.82. The van der Waals surface area contributed by atoms with Crippen LogP contribution in [0.15, 0.2) is 18.2 Å². The van der Waals surface area contributed by atoms with Crippen LogP contribution in [0.1, 0.15) is 43.5 Å². The molecule has 0 atom stereocenters. The molecule has 0 bridgehead atoms. The molecule has 0 aliphatic carbocycles. The second-order valence-corrected chi connectivity index (χ2v) is 4.82. The number of hydrogen-bond acceptors (Lipinski definition) is 2. The molecule has 2 rings (SSSR count). The lowest BCUT2D eigenvalue weighted by Crippen LogP contribution is -2.33. The molecule has 1 aromatic heterocycles. The molecule has 0 N–H and O–H groups in total. The summed E-state index contributed by atoms with van der Waals surface area (Å²) in [6.45, 7) is 8.08. The summed E-state index contributed by atoms with van der Waals surface area (Å²) in [5.74, 6) is 0.688. The highest BCUT2D eigenvalue weighted by atomic mass is 15.1. The summed E-state index contributed by atoms with van der Waals surface area (Å²) >= 11 is 0. The number of nitrogens with zero attached hydrogens (tertiary/aromatic N) is 2. The predicted molar refractivity (Wildman–Crippen MR) is 67.7 cm³/mol. The number of aromatic nitrogens is 1. The van der Waals surface area contributed by atoms with E-state index in [1.165, 1.54) is 44.6 Å². The minimum atomic E-state index is 0.688. The van der Waals surface area contributed by atoms with E-state index in [0.29, 0.717) is 5.92 Å². The van der Waals surface area contributed by atoms with E-state index in [2.05, 4.69) is 41.9 Å². The van der Waals surface area contributed by atoms with Crippen molar-refractivity contribution in [3.63, 3.8) is 0 Å². The molecular formula is C14H22N2. The summed E-state index contributed by atoms with van der Waals surface area (Å²) < 4.78 is 0. The minimum absolute atomic E-state index is 0.688. The van der Waals surface area contributed by atoms with Crippen LogP contribution in [0.2, 0.25) is 0 Å². The zero-order valence-electron chi connectivity index (χ0n) is 10.4. The van der Waals surface area contributed by atoms with Crippen LogP contribution < -0.4 is 0 Å². The molecule has 1 saturated heterocycles. The summed E-state index contributed by atoms with van der Waals surface area (Å²) in [5, 5.41) is 0. The van der Waals surface area contributed by atoms with Gasteiger partial charge in [0.05, 0.1) is 0 Å². The maximum Gasteiger partial charge on any atom is 0.0438 e. The van der Waals surface area contributed by atoms with Gasteiger partial charge in [-0.2, -0.15) is 0 Å². The van der Waals surface area contributed by atoms with Crippen LogP contribution >= 0.6 is 0 Å². The van der Waals surface area contributed by atoms with E-state index >= 15 is 0 Å². The van der Waals surface area contributed by atoms with Crippen LogP contribution in [0.3, 0.4) is 0 Å². The highest BCUT2D eigenvalue weighted by molar-refractivity contribution is 5.14. The first kappa shape index (κ1) is 11.6. The fourth-order valence-electron chi connectivity index (χ4n) is 2.56. The fraction of sp³-hybridized carbons (Fsp3) is 0.643. The smallest absolute Gasteiger partial charge is 0.0438 e. The quantitative estimate of drug-likeness (QED) is 0.775. The van der Waals surface area contributed by atoms with Gasteiger partial charge in [0, 0.05) is 17.3 Å². The number of rotatable bonds is 3. The van der Waals surface area contributed by atoms with Crippen LogP contribution in [0.5, 0.6) is 0 Å². The Morgan fingerprint density at radius 1 is 1.31 bits per heavy atom. The zero-order chi connectivity index (χ0) is 11.4. The van der Waals surface area contributed by atoms with E-state index in [4.69, 9.17) is 0 Å². The van der Waals surface area contributed by atoms with Gasteiger partial charge in [-0.1, -0.05) is 13.0 Å². The molecule has 1 aliphatic rings. The van der Waals surface area contributed by atoms with E-state index in [9.17, 15) is 0 Å². The van der Waals surface area contributed by atoms with Gasteiger partial charge in [-0.15, -0.1) is 0 Å². The second-order valence-electron chi connectivity index (χ2n) is 4.82. The van der Waals surface area contributed by atoms with Crippen molar-refractivity contribution in [2.75, 3.05) is 19.6 Å². The standard InChI is InChI=1S/C14H22N2/c1-3-9-16-10-7-13(8-11-16)14-6-4-5-12(2)15-14/h4-6,13H,3,7-11H2,1-2H3. The monoisotopic (exact) mass is 218 g/mol. The highest BCUT2D eigenvalue weighted by Gasteiger charge is 2.20. The largest absolute Gasteiger partial charge is 0.303 e. The lowest BCUT2D eigenvalue weighted by molar-refractivity contribution is 0.211. The number of piperidine rings is 1. The lowest BCUT2D eigenvalue weighted by Gasteiger charge is -2.31. The van der Waals surface area contributed by atoms with Gasteiger partial charge in [-0.3, -0.25) is 4.98 Å². The predicted octanol–water partition coefficient (Wildman–Crippen LogP) is 2.98. The van der Waals surface area contributed by atoms with Crippen molar-refractivity contribution in [3.8, 4) is 0 Å².